The summed E-state index contributed by atoms with van der Waals surface area (Å²) < 4.78 is 0. The molecule has 4 heteroatoms. The lowest BCUT2D eigenvalue weighted by Crippen LogP contribution is -2.40. The molecule has 4 nitrogen and oxygen atoms in total. The van der Waals surface area contributed by atoms with E-state index >= 15 is 0 Å². The minimum Gasteiger partial charge on any atom is -0.369 e. The van der Waals surface area contributed by atoms with Gasteiger partial charge in [0.15, 0.2) is 0 Å². The van der Waals surface area contributed by atoms with Crippen LogP contribution in [-0.4, -0.2) is 35.1 Å². The number of anilines is 1. The van der Waals surface area contributed by atoms with Gasteiger partial charge in [-0.05, 0) is 39.8 Å². The predicted molar refractivity (Wildman–Crippen MR) is 74.4 cm³/mol. The van der Waals surface area contributed by atoms with Crippen LogP contribution in [0.1, 0.15) is 33.3 Å². The Morgan fingerprint density at radius 2 is 1.94 bits per heavy atom. The van der Waals surface area contributed by atoms with E-state index in [0.29, 0.717) is 17.6 Å². The van der Waals surface area contributed by atoms with E-state index in [-0.39, 0.29) is 0 Å². The first-order valence-corrected chi connectivity index (χ1v) is 6.40. The molecule has 0 unspecified atom stereocenters. The van der Waals surface area contributed by atoms with Gasteiger partial charge in [0.2, 0.25) is 0 Å². The first-order valence-electron chi connectivity index (χ1n) is 6.40. The maximum atomic E-state index is 8.68. The molecule has 0 atom stereocenters. The molecule has 1 N–H and O–H groups in total. The molecule has 0 aliphatic carbocycles. The fourth-order valence-corrected chi connectivity index (χ4v) is 1.99. The third kappa shape index (κ3) is 4.34. The van der Waals surface area contributed by atoms with Gasteiger partial charge in [0.1, 0.15) is 11.9 Å². The molecule has 0 amide bonds. The van der Waals surface area contributed by atoms with Gasteiger partial charge in [0.25, 0.3) is 0 Å². The van der Waals surface area contributed by atoms with Crippen LogP contribution in [0.3, 0.4) is 0 Å². The monoisotopic (exact) mass is 246 g/mol. The van der Waals surface area contributed by atoms with E-state index in [4.69, 9.17) is 5.26 Å². The molecule has 1 rings (SSSR count). The molecule has 98 valence electrons. The number of nitrogens with zero attached hydrogens (tertiary/aromatic N) is 3. The summed E-state index contributed by atoms with van der Waals surface area (Å²) >= 11 is 0. The topological polar surface area (TPSA) is 52.0 Å². The number of hydrogen-bond donors (Lipinski definition) is 1. The zero-order valence-electron chi connectivity index (χ0n) is 11.6. The Morgan fingerprint density at radius 1 is 1.28 bits per heavy atom. The van der Waals surface area contributed by atoms with Crippen LogP contribution in [0.2, 0.25) is 0 Å². The highest BCUT2D eigenvalue weighted by atomic mass is 15.2. The summed E-state index contributed by atoms with van der Waals surface area (Å²) in [6.07, 6.45) is 1.59. The Hall–Kier alpha value is -1.60. The van der Waals surface area contributed by atoms with Crippen LogP contribution in [-0.2, 0) is 0 Å². The van der Waals surface area contributed by atoms with Crippen molar-refractivity contribution in [2.75, 3.05) is 18.4 Å². The van der Waals surface area contributed by atoms with Gasteiger partial charge < -0.3 is 5.32 Å². The molecule has 1 aromatic rings. The van der Waals surface area contributed by atoms with E-state index < -0.39 is 0 Å². The predicted octanol–water partition coefficient (Wildman–Crippen LogP) is 2.48. The zero-order valence-corrected chi connectivity index (χ0v) is 11.6. The van der Waals surface area contributed by atoms with Gasteiger partial charge in [0.05, 0.1) is 5.56 Å². The summed E-state index contributed by atoms with van der Waals surface area (Å²) in [4.78, 5) is 6.61. The molecular weight excluding hydrogens is 224 g/mol. The van der Waals surface area contributed by atoms with Crippen molar-refractivity contribution in [3.63, 3.8) is 0 Å². The maximum absolute atomic E-state index is 8.68. The van der Waals surface area contributed by atoms with Gasteiger partial charge in [-0.2, -0.15) is 5.26 Å². The third-order valence-electron chi connectivity index (χ3n) is 2.90. The molecule has 0 aliphatic heterocycles. The van der Waals surface area contributed by atoms with Gasteiger partial charge in [-0.25, -0.2) is 4.98 Å². The normalized spacial score (nSPS) is 11.0. The highest BCUT2D eigenvalue weighted by molar-refractivity contribution is 5.38. The summed E-state index contributed by atoms with van der Waals surface area (Å²) in [5.41, 5.74) is 0.589. The second-order valence-corrected chi connectivity index (χ2v) is 4.90. The minimum absolute atomic E-state index is 0.542. The van der Waals surface area contributed by atoms with E-state index in [0.717, 1.165) is 18.9 Å². The quantitative estimate of drug-likeness (QED) is 0.838. The second-order valence-electron chi connectivity index (χ2n) is 4.90. The van der Waals surface area contributed by atoms with Crippen LogP contribution in [0.4, 0.5) is 5.82 Å². The van der Waals surface area contributed by atoms with Crippen molar-refractivity contribution in [3.8, 4) is 6.07 Å². The highest BCUT2D eigenvalue weighted by Gasteiger charge is 2.12. The smallest absolute Gasteiger partial charge is 0.126 e. The van der Waals surface area contributed by atoms with Crippen molar-refractivity contribution in [3.05, 3.63) is 23.9 Å². The lowest BCUT2D eigenvalue weighted by Gasteiger charge is -2.30. The lowest BCUT2D eigenvalue weighted by molar-refractivity contribution is 0.182. The Bertz CT molecular complexity index is 381. The number of nitriles is 1. The number of rotatable bonds is 6. The third-order valence-corrected chi connectivity index (χ3v) is 2.90. The number of aromatic nitrogens is 1. The first kappa shape index (κ1) is 14.5. The average Bonchev–Trinajstić information content (AvgIpc) is 2.34. The molecule has 0 radical (unpaired) electrons. The van der Waals surface area contributed by atoms with Gasteiger partial charge in [-0.3, -0.25) is 4.90 Å². The summed E-state index contributed by atoms with van der Waals surface area (Å²) in [6.45, 7) is 10.7. The molecule has 0 saturated heterocycles. The van der Waals surface area contributed by atoms with Crippen molar-refractivity contribution in [2.24, 2.45) is 0 Å². The van der Waals surface area contributed by atoms with E-state index in [1.165, 1.54) is 0 Å². The largest absolute Gasteiger partial charge is 0.369 e. The van der Waals surface area contributed by atoms with Crippen molar-refractivity contribution >= 4 is 5.82 Å². The minimum atomic E-state index is 0.542. The standard InChI is InChI=1S/C14H22N4/c1-11(2)18(12(3)4)8-7-16-14-6-5-13(9-15)10-17-14/h5-6,10-12H,7-8H2,1-4H3,(H,16,17). The van der Waals surface area contributed by atoms with Gasteiger partial charge >= 0.3 is 0 Å². The fourth-order valence-electron chi connectivity index (χ4n) is 1.99. The van der Waals surface area contributed by atoms with Crippen LogP contribution in [0.5, 0.6) is 0 Å². The van der Waals surface area contributed by atoms with Crippen molar-refractivity contribution in [1.29, 1.82) is 5.26 Å². The first-order chi connectivity index (χ1) is 8.54. The molecule has 1 heterocycles. The highest BCUT2D eigenvalue weighted by Crippen LogP contribution is 2.06. The second kappa shape index (κ2) is 6.97. The molecule has 0 saturated carbocycles. The number of pyridine rings is 1. The van der Waals surface area contributed by atoms with E-state index in [2.05, 4.69) is 49.0 Å². The summed E-state index contributed by atoms with van der Waals surface area (Å²) in [6, 6.07) is 6.76. The van der Waals surface area contributed by atoms with Crippen LogP contribution in [0.15, 0.2) is 18.3 Å². The SMILES string of the molecule is CC(C)N(CCNc1ccc(C#N)cn1)C(C)C. The maximum Gasteiger partial charge on any atom is 0.126 e. The van der Waals surface area contributed by atoms with Gasteiger partial charge in [0, 0.05) is 31.4 Å². The average molecular weight is 246 g/mol. The summed E-state index contributed by atoms with van der Waals surface area (Å²) in [5, 5.41) is 12.0. The molecule has 0 spiro atoms. The van der Waals surface area contributed by atoms with Crippen molar-refractivity contribution in [1.82, 2.24) is 9.88 Å². The molecule has 0 fully saturated rings. The molecule has 1 aromatic heterocycles. The molecule has 0 aliphatic rings. The van der Waals surface area contributed by atoms with Crippen molar-refractivity contribution < 1.29 is 0 Å². The zero-order chi connectivity index (χ0) is 13.5. The van der Waals surface area contributed by atoms with Crippen LogP contribution in [0, 0.1) is 11.3 Å². The Balaban J connectivity index is 2.43. The van der Waals surface area contributed by atoms with E-state index in [9.17, 15) is 0 Å². The number of nitrogens with one attached hydrogen (secondary N) is 1. The fraction of sp³-hybridized carbons (Fsp3) is 0.571. The van der Waals surface area contributed by atoms with Crippen molar-refractivity contribution in [2.45, 2.75) is 39.8 Å². The van der Waals surface area contributed by atoms with Crippen LogP contribution in [0.25, 0.3) is 0 Å². The van der Waals surface area contributed by atoms with Gasteiger partial charge in [-0.15, -0.1) is 0 Å². The molecule has 0 bridgehead atoms. The molecule has 18 heavy (non-hydrogen) atoms. The van der Waals surface area contributed by atoms with Crippen LogP contribution >= 0.6 is 0 Å². The van der Waals surface area contributed by atoms with E-state index in [1.54, 1.807) is 12.3 Å². The van der Waals surface area contributed by atoms with Crippen LogP contribution < -0.4 is 5.32 Å². The molecule has 0 aromatic carbocycles. The number of hydrogen-bond acceptors (Lipinski definition) is 4. The Morgan fingerprint density at radius 3 is 2.39 bits per heavy atom. The summed E-state index contributed by atoms with van der Waals surface area (Å²) in [5.74, 6) is 0.821. The Labute approximate surface area is 110 Å². The summed E-state index contributed by atoms with van der Waals surface area (Å²) in [7, 11) is 0. The van der Waals surface area contributed by atoms with Gasteiger partial charge in [-0.1, -0.05) is 0 Å². The molecular formula is C14H22N4. The lowest BCUT2D eigenvalue weighted by atomic mass is 10.2. The van der Waals surface area contributed by atoms with E-state index in [1.807, 2.05) is 6.07 Å². The Kier molecular flexibility index (Phi) is 5.60.